The molecule has 236 valence electrons. The number of Topliss-reactive ketones (excluding diaryl/α,β-unsaturated/α-hetero) is 1. The number of carbonyl (C=O) groups is 4. The topological polar surface area (TPSA) is 93.6 Å². The first-order chi connectivity index (χ1) is 22.1. The standard InChI is InChI=1S/C36H31Br3N2O5/c1-3-7-31(33(42)21-8-5-4-6-9-21)46-36(45)27-18-30(40-32-19(2)14-22(37)15-24(27)32)20-10-12-23(13-11-20)41-34(43)25-16-28(38)29(39)17-26(25)35(41)44/h4-6,8-15,18,25-26,28-29,31H,3,7,16-17H2,1-2H3. The van der Waals surface area contributed by atoms with Crippen LogP contribution in [0.4, 0.5) is 5.69 Å². The third-order valence-corrected chi connectivity index (χ3v) is 12.0. The van der Waals surface area contributed by atoms with E-state index in [2.05, 4.69) is 47.8 Å². The van der Waals surface area contributed by atoms with Gasteiger partial charge in [0.05, 0.1) is 34.3 Å². The number of halogens is 3. The molecule has 5 atom stereocenters. The Morgan fingerprint density at radius 1 is 0.935 bits per heavy atom. The van der Waals surface area contributed by atoms with Crippen LogP contribution in [-0.4, -0.2) is 44.3 Å². The maximum atomic E-state index is 13.8. The van der Waals surface area contributed by atoms with Gasteiger partial charge in [-0.2, -0.15) is 0 Å². The second kappa shape index (κ2) is 13.5. The van der Waals surface area contributed by atoms with Crippen LogP contribution in [0.5, 0.6) is 0 Å². The number of carbonyl (C=O) groups excluding carboxylic acids is 4. The zero-order valence-electron chi connectivity index (χ0n) is 25.2. The molecule has 1 aliphatic heterocycles. The van der Waals surface area contributed by atoms with Gasteiger partial charge in [0.15, 0.2) is 6.10 Å². The fourth-order valence-electron chi connectivity index (χ4n) is 6.39. The molecule has 1 saturated heterocycles. The normalized spacial score (nSPS) is 21.7. The Hall–Kier alpha value is -3.21. The van der Waals surface area contributed by atoms with Crippen LogP contribution in [0.25, 0.3) is 22.2 Å². The van der Waals surface area contributed by atoms with Gasteiger partial charge < -0.3 is 4.74 Å². The molecular formula is C36H31Br3N2O5. The second-order valence-electron chi connectivity index (χ2n) is 11.9. The number of benzene rings is 3. The number of anilines is 1. The maximum Gasteiger partial charge on any atom is 0.339 e. The average molecular weight is 811 g/mol. The number of pyridine rings is 1. The molecule has 2 aliphatic rings. The second-order valence-corrected chi connectivity index (χ2v) is 15.1. The lowest BCUT2D eigenvalue weighted by Crippen LogP contribution is -2.34. The van der Waals surface area contributed by atoms with E-state index < -0.39 is 12.1 Å². The molecular weight excluding hydrogens is 780 g/mol. The minimum atomic E-state index is -0.932. The van der Waals surface area contributed by atoms with Gasteiger partial charge in [-0.3, -0.25) is 19.3 Å². The Morgan fingerprint density at radius 2 is 1.57 bits per heavy atom. The summed E-state index contributed by atoms with van der Waals surface area (Å²) in [5, 5.41) is 0.603. The van der Waals surface area contributed by atoms with Crippen LogP contribution < -0.4 is 4.90 Å². The van der Waals surface area contributed by atoms with Crippen LogP contribution in [0.2, 0.25) is 0 Å². The van der Waals surface area contributed by atoms with Crippen LogP contribution >= 0.6 is 47.8 Å². The molecule has 0 spiro atoms. The van der Waals surface area contributed by atoms with Crippen molar-refractivity contribution < 1.29 is 23.9 Å². The number of rotatable bonds is 8. The molecule has 7 nitrogen and oxygen atoms in total. The predicted molar refractivity (Wildman–Crippen MR) is 189 cm³/mol. The molecule has 1 aromatic heterocycles. The van der Waals surface area contributed by atoms with Gasteiger partial charge in [0.25, 0.3) is 0 Å². The van der Waals surface area contributed by atoms with Gasteiger partial charge in [-0.25, -0.2) is 9.78 Å². The Labute approximate surface area is 292 Å². The van der Waals surface area contributed by atoms with Crippen molar-refractivity contribution in [2.24, 2.45) is 11.8 Å². The van der Waals surface area contributed by atoms with Crippen LogP contribution in [0.3, 0.4) is 0 Å². The minimum Gasteiger partial charge on any atom is -0.450 e. The lowest BCUT2D eigenvalue weighted by Gasteiger charge is -2.29. The van der Waals surface area contributed by atoms with Crippen molar-refractivity contribution in [2.45, 2.75) is 55.3 Å². The minimum absolute atomic E-state index is 0.130. The van der Waals surface area contributed by atoms with E-state index >= 15 is 0 Å². The summed E-state index contributed by atoms with van der Waals surface area (Å²) in [4.78, 5) is 60.3. The van der Waals surface area contributed by atoms with E-state index in [-0.39, 0.29) is 44.7 Å². The molecule has 3 aromatic carbocycles. The van der Waals surface area contributed by atoms with E-state index in [9.17, 15) is 19.2 Å². The third kappa shape index (κ3) is 6.23. The van der Waals surface area contributed by atoms with Gasteiger partial charge in [0.2, 0.25) is 17.6 Å². The Kier molecular flexibility index (Phi) is 9.60. The highest BCUT2D eigenvalue weighted by atomic mass is 79.9. The van der Waals surface area contributed by atoms with Gasteiger partial charge >= 0.3 is 5.97 Å². The number of amides is 2. The Morgan fingerprint density at radius 3 is 2.17 bits per heavy atom. The highest BCUT2D eigenvalue weighted by Crippen LogP contribution is 2.44. The molecule has 2 heterocycles. The first-order valence-electron chi connectivity index (χ1n) is 15.2. The number of hydrogen-bond donors (Lipinski definition) is 0. The number of hydrogen-bond acceptors (Lipinski definition) is 6. The SMILES string of the molecule is CCCC(OC(=O)c1cc(-c2ccc(N3C(=O)C4CC(Br)C(Br)CC4C3=O)cc2)nc2c(C)cc(Br)cc12)C(=O)c1ccccc1. The zero-order chi connectivity index (χ0) is 32.7. The fraction of sp³-hybridized carbons (Fsp3) is 0.306. The number of aromatic nitrogens is 1. The highest BCUT2D eigenvalue weighted by Gasteiger charge is 2.52. The van der Waals surface area contributed by atoms with Crippen molar-refractivity contribution in [3.8, 4) is 11.3 Å². The number of imide groups is 1. The highest BCUT2D eigenvalue weighted by molar-refractivity contribution is 9.12. The number of ketones is 1. The largest absolute Gasteiger partial charge is 0.450 e. The van der Waals surface area contributed by atoms with Crippen molar-refractivity contribution in [2.75, 3.05) is 4.90 Å². The molecule has 0 bridgehead atoms. The van der Waals surface area contributed by atoms with Crippen LogP contribution in [-0.2, 0) is 14.3 Å². The quantitative estimate of drug-likeness (QED) is 0.0767. The molecule has 5 unspecified atom stereocenters. The Balaban J connectivity index is 1.34. The van der Waals surface area contributed by atoms with Crippen LogP contribution in [0.15, 0.2) is 77.3 Å². The van der Waals surface area contributed by atoms with Crippen molar-refractivity contribution in [1.29, 1.82) is 0 Å². The molecule has 2 fully saturated rings. The van der Waals surface area contributed by atoms with Gasteiger partial charge in [0, 0.05) is 30.6 Å². The molecule has 10 heteroatoms. The Bertz CT molecular complexity index is 1820. The van der Waals surface area contributed by atoms with Crippen LogP contribution in [0, 0.1) is 18.8 Å². The van der Waals surface area contributed by atoms with E-state index in [1.54, 1.807) is 54.6 Å². The first-order valence-corrected chi connectivity index (χ1v) is 17.9. The summed E-state index contributed by atoms with van der Waals surface area (Å²) in [5.41, 5.74) is 3.99. The van der Waals surface area contributed by atoms with E-state index in [1.165, 1.54) is 4.90 Å². The number of nitrogens with zero attached hydrogens (tertiary/aromatic N) is 2. The average Bonchev–Trinajstić information content (AvgIpc) is 3.28. The maximum absolute atomic E-state index is 13.8. The lowest BCUT2D eigenvalue weighted by molar-refractivity contribution is -0.122. The van der Waals surface area contributed by atoms with Crippen LogP contribution in [0.1, 0.15) is 58.9 Å². The smallest absolute Gasteiger partial charge is 0.339 e. The third-order valence-electron chi connectivity index (χ3n) is 8.77. The molecule has 4 aromatic rings. The molecule has 0 radical (unpaired) electrons. The van der Waals surface area contributed by atoms with Gasteiger partial charge in [-0.1, -0.05) is 104 Å². The number of ether oxygens (including phenoxy) is 1. The summed E-state index contributed by atoms with van der Waals surface area (Å²) in [6.07, 6.45) is 1.32. The summed E-state index contributed by atoms with van der Waals surface area (Å²) < 4.78 is 6.71. The van der Waals surface area contributed by atoms with E-state index in [1.807, 2.05) is 32.0 Å². The van der Waals surface area contributed by atoms with Gasteiger partial charge in [-0.05, 0) is 62.1 Å². The summed E-state index contributed by atoms with van der Waals surface area (Å²) in [6, 6.07) is 21.4. The lowest BCUT2D eigenvalue weighted by atomic mass is 9.81. The monoisotopic (exact) mass is 808 g/mol. The van der Waals surface area contributed by atoms with E-state index in [0.717, 1.165) is 10.0 Å². The first kappa shape index (κ1) is 32.7. The number of fused-ring (bicyclic) bond motifs is 2. The zero-order valence-corrected chi connectivity index (χ0v) is 30.0. The molecule has 1 saturated carbocycles. The number of alkyl halides is 2. The molecule has 2 amide bonds. The summed E-state index contributed by atoms with van der Waals surface area (Å²) in [7, 11) is 0. The van der Waals surface area contributed by atoms with Gasteiger partial charge in [-0.15, -0.1) is 0 Å². The van der Waals surface area contributed by atoms with Gasteiger partial charge in [0.1, 0.15) is 0 Å². The van der Waals surface area contributed by atoms with Crippen molar-refractivity contribution in [3.63, 3.8) is 0 Å². The van der Waals surface area contributed by atoms with Crippen molar-refractivity contribution >= 4 is 87.9 Å². The molecule has 0 N–H and O–H groups in total. The predicted octanol–water partition coefficient (Wildman–Crippen LogP) is 8.61. The van der Waals surface area contributed by atoms with Crippen molar-refractivity contribution in [1.82, 2.24) is 4.98 Å². The number of aryl methyl sites for hydroxylation is 1. The molecule has 46 heavy (non-hydrogen) atoms. The summed E-state index contributed by atoms with van der Waals surface area (Å²) in [6.45, 7) is 3.86. The summed E-state index contributed by atoms with van der Waals surface area (Å²) >= 11 is 10.8. The van der Waals surface area contributed by atoms with E-state index in [0.29, 0.717) is 59.1 Å². The molecule has 1 aliphatic carbocycles. The molecule has 6 rings (SSSR count). The van der Waals surface area contributed by atoms with E-state index in [4.69, 9.17) is 9.72 Å². The number of esters is 1. The summed E-state index contributed by atoms with van der Waals surface area (Å²) in [5.74, 6) is -1.88. The van der Waals surface area contributed by atoms with Crippen molar-refractivity contribution in [3.05, 3.63) is 94.0 Å². The fourth-order valence-corrected chi connectivity index (χ4v) is 8.20.